The number of methoxy groups -OCH3 is 1. The van der Waals surface area contributed by atoms with Gasteiger partial charge in [-0.1, -0.05) is 6.08 Å². The Kier molecular flexibility index (Phi) is 3.67. The highest BCUT2D eigenvalue weighted by molar-refractivity contribution is 5.88. The average Bonchev–Trinajstić information content (AvgIpc) is 2.02. The molecule has 0 aliphatic heterocycles. The van der Waals surface area contributed by atoms with E-state index in [1.807, 2.05) is 0 Å². The van der Waals surface area contributed by atoms with Crippen LogP contribution in [0.1, 0.15) is 20.8 Å². The van der Waals surface area contributed by atoms with E-state index in [0.717, 1.165) is 6.29 Å². The van der Waals surface area contributed by atoms with Crippen LogP contribution in [0.4, 0.5) is 0 Å². The minimum Gasteiger partial charge on any atom is -0.466 e. The summed E-state index contributed by atoms with van der Waals surface area (Å²) in [5.41, 5.74) is -0.146. The Balaban J connectivity index is 4.55. The Hall–Kier alpha value is -1.12. The summed E-state index contributed by atoms with van der Waals surface area (Å²) in [4.78, 5) is 21.4. The van der Waals surface area contributed by atoms with Crippen molar-refractivity contribution >= 4 is 12.3 Å². The van der Waals surface area contributed by atoms with Gasteiger partial charge >= 0.3 is 5.97 Å². The molecule has 0 aromatic rings. The standard InChI is InChI=1S/C9H14O3/c1-7(8(11)12-4)5-9(2,3)6-10/h5-6H,1-4H3/b7-5-. The minimum absolute atomic E-state index is 0.398. The van der Waals surface area contributed by atoms with Gasteiger partial charge in [0.05, 0.1) is 7.11 Å². The molecule has 0 bridgehead atoms. The highest BCUT2D eigenvalue weighted by atomic mass is 16.5. The van der Waals surface area contributed by atoms with Crippen molar-refractivity contribution in [3.63, 3.8) is 0 Å². The van der Waals surface area contributed by atoms with Gasteiger partial charge in [0, 0.05) is 11.0 Å². The van der Waals surface area contributed by atoms with E-state index in [1.54, 1.807) is 26.8 Å². The summed E-state index contributed by atoms with van der Waals surface area (Å²) in [5.74, 6) is -0.398. The van der Waals surface area contributed by atoms with E-state index in [2.05, 4.69) is 4.74 Å². The van der Waals surface area contributed by atoms with Crippen molar-refractivity contribution in [2.24, 2.45) is 5.41 Å². The molecule has 0 rings (SSSR count). The van der Waals surface area contributed by atoms with E-state index < -0.39 is 11.4 Å². The van der Waals surface area contributed by atoms with Crippen molar-refractivity contribution in [1.82, 2.24) is 0 Å². The number of esters is 1. The zero-order valence-electron chi connectivity index (χ0n) is 7.88. The van der Waals surface area contributed by atoms with Gasteiger partial charge in [0.1, 0.15) is 6.29 Å². The van der Waals surface area contributed by atoms with Gasteiger partial charge in [-0.2, -0.15) is 0 Å². The molecule has 12 heavy (non-hydrogen) atoms. The molecule has 0 heterocycles. The summed E-state index contributed by atoms with van der Waals surface area (Å²) < 4.78 is 4.48. The topological polar surface area (TPSA) is 43.4 Å². The Morgan fingerprint density at radius 1 is 1.42 bits per heavy atom. The molecule has 0 amide bonds. The monoisotopic (exact) mass is 170 g/mol. The van der Waals surface area contributed by atoms with Crippen LogP contribution in [0.25, 0.3) is 0 Å². The lowest BCUT2D eigenvalue weighted by atomic mass is 9.93. The Morgan fingerprint density at radius 2 is 1.92 bits per heavy atom. The van der Waals surface area contributed by atoms with E-state index in [-0.39, 0.29) is 0 Å². The van der Waals surface area contributed by atoms with Crippen molar-refractivity contribution in [1.29, 1.82) is 0 Å². The van der Waals surface area contributed by atoms with E-state index in [1.165, 1.54) is 7.11 Å². The summed E-state index contributed by atoms with van der Waals surface area (Å²) in [6.07, 6.45) is 2.38. The first-order valence-electron chi connectivity index (χ1n) is 3.67. The molecule has 0 aliphatic rings. The maximum Gasteiger partial charge on any atom is 0.333 e. The molecular formula is C9H14O3. The molecule has 0 saturated carbocycles. The van der Waals surface area contributed by atoms with Crippen molar-refractivity contribution < 1.29 is 14.3 Å². The number of allylic oxidation sites excluding steroid dienone is 1. The Labute approximate surface area is 72.4 Å². The van der Waals surface area contributed by atoms with Gasteiger partial charge in [-0.05, 0) is 20.8 Å². The molecule has 0 N–H and O–H groups in total. The largest absolute Gasteiger partial charge is 0.466 e. The normalized spacial score (nSPS) is 12.5. The lowest BCUT2D eigenvalue weighted by Crippen LogP contribution is -2.12. The fourth-order valence-electron chi connectivity index (χ4n) is 0.812. The molecule has 3 nitrogen and oxygen atoms in total. The summed E-state index contributed by atoms with van der Waals surface area (Å²) in [7, 11) is 1.31. The molecule has 0 saturated heterocycles. The number of carbonyl (C=O) groups excluding carboxylic acids is 2. The van der Waals surface area contributed by atoms with Crippen LogP contribution in [0.5, 0.6) is 0 Å². The third-order valence-corrected chi connectivity index (χ3v) is 1.40. The molecule has 0 fully saturated rings. The fraction of sp³-hybridized carbons (Fsp3) is 0.556. The lowest BCUT2D eigenvalue weighted by Gasteiger charge is -2.11. The van der Waals surface area contributed by atoms with Crippen molar-refractivity contribution in [3.05, 3.63) is 11.6 Å². The lowest BCUT2D eigenvalue weighted by molar-refractivity contribution is -0.136. The average molecular weight is 170 g/mol. The second kappa shape index (κ2) is 4.04. The van der Waals surface area contributed by atoms with Gasteiger partial charge < -0.3 is 9.53 Å². The first-order chi connectivity index (χ1) is 5.43. The minimum atomic E-state index is -0.599. The molecule has 0 spiro atoms. The van der Waals surface area contributed by atoms with Crippen LogP contribution in [0.15, 0.2) is 11.6 Å². The molecular weight excluding hydrogens is 156 g/mol. The molecule has 3 heteroatoms. The number of hydrogen-bond donors (Lipinski definition) is 0. The SMILES string of the molecule is COC(=O)/C(C)=C\C(C)(C)C=O. The zero-order valence-corrected chi connectivity index (χ0v) is 7.88. The van der Waals surface area contributed by atoms with E-state index in [9.17, 15) is 9.59 Å². The van der Waals surface area contributed by atoms with Crippen molar-refractivity contribution in [3.8, 4) is 0 Å². The molecule has 0 aromatic heterocycles. The zero-order chi connectivity index (χ0) is 9.78. The van der Waals surface area contributed by atoms with Crippen LogP contribution in [-0.2, 0) is 14.3 Å². The summed E-state index contributed by atoms with van der Waals surface area (Å²) >= 11 is 0. The number of hydrogen-bond acceptors (Lipinski definition) is 3. The highest BCUT2D eigenvalue weighted by Crippen LogP contribution is 2.15. The quantitative estimate of drug-likeness (QED) is 0.364. The van der Waals surface area contributed by atoms with Crippen LogP contribution < -0.4 is 0 Å². The van der Waals surface area contributed by atoms with Gasteiger partial charge in [-0.3, -0.25) is 0 Å². The number of ether oxygens (including phenoxy) is 1. The van der Waals surface area contributed by atoms with E-state index in [4.69, 9.17) is 0 Å². The predicted octanol–water partition coefficient (Wildman–Crippen LogP) is 1.33. The fourth-order valence-corrected chi connectivity index (χ4v) is 0.812. The van der Waals surface area contributed by atoms with Crippen LogP contribution in [0.2, 0.25) is 0 Å². The van der Waals surface area contributed by atoms with Gasteiger partial charge in [-0.25, -0.2) is 4.79 Å². The first kappa shape index (κ1) is 10.9. The maximum atomic E-state index is 10.9. The molecule has 68 valence electrons. The number of carbonyl (C=O) groups is 2. The molecule has 0 unspecified atom stereocenters. The second-order valence-corrected chi connectivity index (χ2v) is 3.26. The van der Waals surface area contributed by atoms with E-state index >= 15 is 0 Å². The predicted molar refractivity (Wildman–Crippen MR) is 45.6 cm³/mol. The number of rotatable bonds is 3. The molecule has 0 radical (unpaired) electrons. The van der Waals surface area contributed by atoms with Crippen molar-refractivity contribution in [2.75, 3.05) is 7.11 Å². The third-order valence-electron chi connectivity index (χ3n) is 1.40. The summed E-state index contributed by atoms with van der Waals surface area (Å²) in [5, 5.41) is 0. The maximum absolute atomic E-state index is 10.9. The smallest absolute Gasteiger partial charge is 0.333 e. The van der Waals surface area contributed by atoms with Gasteiger partial charge in [0.15, 0.2) is 0 Å². The van der Waals surface area contributed by atoms with Gasteiger partial charge in [-0.15, -0.1) is 0 Å². The third kappa shape index (κ3) is 3.32. The van der Waals surface area contributed by atoms with Crippen molar-refractivity contribution in [2.45, 2.75) is 20.8 Å². The number of aldehydes is 1. The Bertz CT molecular complexity index is 214. The summed E-state index contributed by atoms with van der Waals surface area (Å²) in [6, 6.07) is 0. The molecule has 0 aliphatic carbocycles. The van der Waals surface area contributed by atoms with Crippen LogP contribution in [-0.4, -0.2) is 19.4 Å². The molecule has 0 atom stereocenters. The first-order valence-corrected chi connectivity index (χ1v) is 3.67. The van der Waals surface area contributed by atoms with Crippen LogP contribution in [0, 0.1) is 5.41 Å². The summed E-state index contributed by atoms with van der Waals surface area (Å²) in [6.45, 7) is 5.08. The van der Waals surface area contributed by atoms with Crippen LogP contribution in [0.3, 0.4) is 0 Å². The van der Waals surface area contributed by atoms with E-state index in [0.29, 0.717) is 5.57 Å². The van der Waals surface area contributed by atoms with Gasteiger partial charge in [0.2, 0.25) is 0 Å². The molecule has 0 aromatic carbocycles. The van der Waals surface area contributed by atoms with Gasteiger partial charge in [0.25, 0.3) is 0 Å². The Morgan fingerprint density at radius 3 is 2.25 bits per heavy atom. The highest BCUT2D eigenvalue weighted by Gasteiger charge is 2.15. The van der Waals surface area contributed by atoms with Crippen LogP contribution >= 0.6 is 0 Å². The second-order valence-electron chi connectivity index (χ2n) is 3.26.